The second-order valence-electron chi connectivity index (χ2n) is 15.6. The SMILES string of the molecule is Cn1cc2c(N3CCC[C@@H](NC(=O)OC(C)(C)C)C3)c(N)cc(I)c2n1.Cn1ncc2c(N3CCC[C@@H](NC(=O)OC(C)(C)C)C3)c(N)cc(I)c21. The summed E-state index contributed by atoms with van der Waals surface area (Å²) in [7, 11) is 3.85. The lowest BCUT2D eigenvalue weighted by molar-refractivity contribution is 0.0488. The zero-order valence-corrected chi connectivity index (χ0v) is 35.7. The first-order chi connectivity index (χ1) is 24.3. The molecule has 0 radical (unpaired) electrons. The number of nitrogens with one attached hydrogen (secondary N) is 2. The molecular weight excluding hydrogens is 890 g/mol. The Balaban J connectivity index is 0.000000201. The zero-order valence-electron chi connectivity index (χ0n) is 31.3. The van der Waals surface area contributed by atoms with Gasteiger partial charge in [0.05, 0.1) is 34.5 Å². The lowest BCUT2D eigenvalue weighted by Gasteiger charge is -2.36. The third-order valence-corrected chi connectivity index (χ3v) is 10.4. The third-order valence-electron chi connectivity index (χ3n) is 8.76. The summed E-state index contributed by atoms with van der Waals surface area (Å²) < 4.78 is 16.6. The second-order valence-corrected chi connectivity index (χ2v) is 17.9. The van der Waals surface area contributed by atoms with Crippen LogP contribution in [0.4, 0.5) is 32.3 Å². The number of aryl methyl sites for hydroxylation is 2. The molecule has 2 saturated heterocycles. The first kappa shape index (κ1) is 39.8. The molecule has 16 heteroatoms. The van der Waals surface area contributed by atoms with E-state index in [0.717, 1.165) is 90.5 Å². The number of hydrogen-bond acceptors (Lipinski definition) is 10. The molecule has 0 aliphatic carbocycles. The van der Waals surface area contributed by atoms with E-state index in [1.807, 2.05) is 89.5 Å². The van der Waals surface area contributed by atoms with Gasteiger partial charge in [0.2, 0.25) is 0 Å². The van der Waals surface area contributed by atoms with Gasteiger partial charge in [-0.25, -0.2) is 9.59 Å². The molecular formula is C36H52I2N10O4. The van der Waals surface area contributed by atoms with Gasteiger partial charge in [-0.2, -0.15) is 10.2 Å². The first-order valence-electron chi connectivity index (χ1n) is 17.6. The van der Waals surface area contributed by atoms with Crippen LogP contribution in [0.15, 0.2) is 24.5 Å². The highest BCUT2D eigenvalue weighted by molar-refractivity contribution is 14.1. The molecule has 0 unspecified atom stereocenters. The highest BCUT2D eigenvalue weighted by atomic mass is 127. The monoisotopic (exact) mass is 942 g/mol. The maximum absolute atomic E-state index is 12.1. The fourth-order valence-corrected chi connectivity index (χ4v) is 8.55. The average molecular weight is 943 g/mol. The number of nitrogens with two attached hydrogens (primary N) is 2. The van der Waals surface area contributed by atoms with Gasteiger partial charge in [-0.05, 0) is 125 Å². The molecule has 2 atom stereocenters. The molecule has 2 aromatic carbocycles. The van der Waals surface area contributed by atoms with Gasteiger partial charge in [0.1, 0.15) is 16.7 Å². The lowest BCUT2D eigenvalue weighted by atomic mass is 10.0. The number of carbonyl (C=O) groups excluding carboxylic acids is 2. The smallest absolute Gasteiger partial charge is 0.407 e. The maximum Gasteiger partial charge on any atom is 0.407 e. The van der Waals surface area contributed by atoms with Crippen LogP contribution in [-0.2, 0) is 23.6 Å². The highest BCUT2D eigenvalue weighted by Gasteiger charge is 2.29. The van der Waals surface area contributed by atoms with Gasteiger partial charge in [0.25, 0.3) is 0 Å². The van der Waals surface area contributed by atoms with E-state index in [2.05, 4.69) is 75.8 Å². The number of aromatic nitrogens is 4. The summed E-state index contributed by atoms with van der Waals surface area (Å²) in [5.41, 5.74) is 17.3. The van der Waals surface area contributed by atoms with Gasteiger partial charge in [-0.1, -0.05) is 0 Å². The maximum atomic E-state index is 12.1. The molecule has 4 heterocycles. The third kappa shape index (κ3) is 9.76. The van der Waals surface area contributed by atoms with E-state index in [0.29, 0.717) is 13.1 Å². The van der Waals surface area contributed by atoms with Crippen LogP contribution < -0.4 is 31.9 Å². The van der Waals surface area contributed by atoms with Crippen molar-refractivity contribution in [3.63, 3.8) is 0 Å². The Kier molecular flexibility index (Phi) is 12.2. The largest absolute Gasteiger partial charge is 0.444 e. The second kappa shape index (κ2) is 15.9. The number of benzene rings is 2. The Morgan fingerprint density at radius 1 is 0.808 bits per heavy atom. The predicted octanol–water partition coefficient (Wildman–Crippen LogP) is 6.51. The van der Waals surface area contributed by atoms with E-state index in [4.69, 9.17) is 20.9 Å². The number of piperidine rings is 2. The number of hydrogen-bond donors (Lipinski definition) is 4. The summed E-state index contributed by atoms with van der Waals surface area (Å²) in [4.78, 5) is 28.7. The number of nitrogens with zero attached hydrogens (tertiary/aromatic N) is 6. The molecule has 6 N–H and O–H groups in total. The van der Waals surface area contributed by atoms with Crippen molar-refractivity contribution < 1.29 is 19.1 Å². The van der Waals surface area contributed by atoms with Crippen molar-refractivity contribution in [3.05, 3.63) is 31.7 Å². The summed E-state index contributed by atoms with van der Waals surface area (Å²) in [6.07, 6.45) is 6.95. The molecule has 284 valence electrons. The number of carbonyl (C=O) groups is 2. The molecule has 52 heavy (non-hydrogen) atoms. The molecule has 14 nitrogen and oxygen atoms in total. The summed E-state index contributed by atoms with van der Waals surface area (Å²) >= 11 is 4.56. The highest BCUT2D eigenvalue weighted by Crippen LogP contribution is 2.38. The Morgan fingerprint density at radius 3 is 1.79 bits per heavy atom. The minimum absolute atomic E-state index is 0.0315. The van der Waals surface area contributed by atoms with Crippen LogP contribution >= 0.6 is 45.2 Å². The van der Waals surface area contributed by atoms with E-state index in [-0.39, 0.29) is 24.3 Å². The van der Waals surface area contributed by atoms with Crippen molar-refractivity contribution in [1.29, 1.82) is 0 Å². The zero-order chi connectivity index (χ0) is 38.1. The molecule has 0 bridgehead atoms. The van der Waals surface area contributed by atoms with Crippen molar-refractivity contribution in [3.8, 4) is 0 Å². The number of halogens is 2. The fourth-order valence-electron chi connectivity index (χ4n) is 6.84. The van der Waals surface area contributed by atoms with E-state index in [1.165, 1.54) is 0 Å². The first-order valence-corrected chi connectivity index (χ1v) is 19.8. The summed E-state index contributed by atoms with van der Waals surface area (Å²) in [6.45, 7) is 14.4. The molecule has 6 rings (SSSR count). The Labute approximate surface area is 332 Å². The topological polar surface area (TPSA) is 171 Å². The Bertz CT molecular complexity index is 1870. The summed E-state index contributed by atoms with van der Waals surface area (Å²) in [5.74, 6) is 0. The van der Waals surface area contributed by atoms with E-state index < -0.39 is 11.2 Å². The minimum atomic E-state index is -0.499. The van der Waals surface area contributed by atoms with Crippen LogP contribution in [0.1, 0.15) is 67.2 Å². The van der Waals surface area contributed by atoms with Gasteiger partial charge >= 0.3 is 12.2 Å². The fraction of sp³-hybridized carbons (Fsp3) is 0.556. The van der Waals surface area contributed by atoms with E-state index >= 15 is 0 Å². The van der Waals surface area contributed by atoms with Crippen molar-refractivity contribution in [1.82, 2.24) is 30.2 Å². The normalized spacial score (nSPS) is 18.2. The molecule has 0 saturated carbocycles. The van der Waals surface area contributed by atoms with Crippen molar-refractivity contribution in [2.24, 2.45) is 14.1 Å². The summed E-state index contributed by atoms with van der Waals surface area (Å²) in [5, 5.41) is 17.0. The number of anilines is 4. The van der Waals surface area contributed by atoms with Crippen LogP contribution in [0.2, 0.25) is 0 Å². The number of amides is 2. The van der Waals surface area contributed by atoms with E-state index in [1.54, 1.807) is 0 Å². The van der Waals surface area contributed by atoms with Crippen molar-refractivity contribution in [2.45, 2.75) is 90.5 Å². The standard InChI is InChI=1S/2C18H26IN5O2/c1-18(2,3)26-17(25)22-11-6-5-7-24(10-11)16-12-9-21-23(4)15(12)13(19)8-14(16)20;1-18(2,3)26-17(25)21-11-6-5-7-24(9-11)16-12-10-23(4)22-15(12)13(19)8-14(16)20/h8-9,11H,5-7,10,20H2,1-4H3,(H,22,25);8,10-11H,5-7,9,20H2,1-4H3,(H,21,25)/t2*11-/m11/s1. The van der Waals surface area contributed by atoms with Gasteiger partial charge in [0.15, 0.2) is 0 Å². The Hall–Kier alpha value is -3.42. The van der Waals surface area contributed by atoms with Crippen LogP contribution in [0.25, 0.3) is 21.8 Å². The summed E-state index contributed by atoms with van der Waals surface area (Å²) in [6, 6.07) is 4.02. The molecule has 2 fully saturated rings. The average Bonchev–Trinajstić information content (AvgIpc) is 3.58. The molecule has 2 aliphatic heterocycles. The number of alkyl carbamates (subject to hydrolysis) is 2. The van der Waals surface area contributed by atoms with Gasteiger partial charge < -0.3 is 41.4 Å². The van der Waals surface area contributed by atoms with Gasteiger partial charge in [-0.3, -0.25) is 9.36 Å². The lowest BCUT2D eigenvalue weighted by Crippen LogP contribution is -2.49. The number of rotatable bonds is 4. The van der Waals surface area contributed by atoms with E-state index in [9.17, 15) is 9.59 Å². The van der Waals surface area contributed by atoms with Crippen LogP contribution in [0, 0.1) is 7.14 Å². The molecule has 0 spiro atoms. The minimum Gasteiger partial charge on any atom is -0.444 e. The van der Waals surface area contributed by atoms with Crippen LogP contribution in [0.5, 0.6) is 0 Å². The quantitative estimate of drug-likeness (QED) is 0.131. The van der Waals surface area contributed by atoms with Gasteiger partial charge in [-0.15, -0.1) is 0 Å². The number of fused-ring (bicyclic) bond motifs is 2. The molecule has 2 aliphatic rings. The van der Waals surface area contributed by atoms with Crippen LogP contribution in [-0.4, -0.2) is 81.2 Å². The van der Waals surface area contributed by atoms with Crippen molar-refractivity contribution in [2.75, 3.05) is 47.4 Å². The van der Waals surface area contributed by atoms with Crippen LogP contribution in [0.3, 0.4) is 0 Å². The number of ether oxygens (including phenoxy) is 2. The van der Waals surface area contributed by atoms with Crippen molar-refractivity contribution >= 4 is 102 Å². The molecule has 2 amide bonds. The molecule has 4 aromatic rings. The Morgan fingerprint density at radius 2 is 1.29 bits per heavy atom. The number of nitrogen functional groups attached to an aromatic ring is 2. The van der Waals surface area contributed by atoms with Gasteiger partial charge in [0, 0.05) is 76.5 Å². The predicted molar refractivity (Wildman–Crippen MR) is 225 cm³/mol. The molecule has 2 aromatic heterocycles.